The summed E-state index contributed by atoms with van der Waals surface area (Å²) in [5.74, 6) is 0.745. The molecule has 130 valence electrons. The van der Waals surface area contributed by atoms with Gasteiger partial charge in [-0.3, -0.25) is 0 Å². The van der Waals surface area contributed by atoms with Gasteiger partial charge in [-0.2, -0.15) is 0 Å². The number of hydrogen-bond acceptors (Lipinski definition) is 5. The molecule has 0 fully saturated rings. The Morgan fingerprint density at radius 1 is 1.44 bits per heavy atom. The molecule has 0 aromatic heterocycles. The van der Waals surface area contributed by atoms with Crippen molar-refractivity contribution < 1.29 is 9.68 Å². The molecule has 0 atom stereocenters. The topological polar surface area (TPSA) is 41.5 Å². The van der Waals surface area contributed by atoms with Gasteiger partial charge < -0.3 is 15.0 Å². The maximum atomic E-state index is 9.87. The van der Waals surface area contributed by atoms with Crippen molar-refractivity contribution in [3.63, 3.8) is 0 Å². The van der Waals surface area contributed by atoms with Crippen LogP contribution in [0.5, 0.6) is 0 Å². The summed E-state index contributed by atoms with van der Waals surface area (Å²) in [5.41, 5.74) is 3.38. The molecule has 3 rings (SSSR count). The first-order valence-corrected chi connectivity index (χ1v) is 11.2. The Hall–Kier alpha value is -0.215. The standard InChI is InChI=1S/C16H14BBrClNO2S3/c1-24-11-4-2-10(12(18)6-11)8-25-16(23)20-13-5-3-9-7-22-17(21)14(9)15(13)19/h2-6,21H,7-8H2,1H3,(H,20,23). The van der Waals surface area contributed by atoms with Crippen LogP contribution in [0.15, 0.2) is 39.7 Å². The number of fused-ring (bicyclic) bond motifs is 1. The van der Waals surface area contributed by atoms with Crippen molar-refractivity contribution in [2.24, 2.45) is 0 Å². The van der Waals surface area contributed by atoms with E-state index < -0.39 is 7.12 Å². The number of thiocarbonyl (C=S) groups is 1. The monoisotopic (exact) mass is 473 g/mol. The summed E-state index contributed by atoms with van der Waals surface area (Å²) in [5, 5.41) is 13.5. The minimum absolute atomic E-state index is 0.371. The summed E-state index contributed by atoms with van der Waals surface area (Å²) >= 11 is 18.7. The fourth-order valence-electron chi connectivity index (χ4n) is 2.44. The fraction of sp³-hybridized carbons (Fsp3) is 0.188. The molecule has 1 heterocycles. The molecule has 0 amide bonds. The summed E-state index contributed by atoms with van der Waals surface area (Å²) in [4.78, 5) is 1.21. The van der Waals surface area contributed by atoms with Crippen molar-refractivity contribution in [2.75, 3.05) is 11.6 Å². The van der Waals surface area contributed by atoms with E-state index in [1.54, 1.807) is 11.8 Å². The molecule has 25 heavy (non-hydrogen) atoms. The van der Waals surface area contributed by atoms with E-state index in [0.717, 1.165) is 15.8 Å². The number of thioether (sulfide) groups is 2. The first-order valence-electron chi connectivity index (χ1n) is 7.36. The van der Waals surface area contributed by atoms with Gasteiger partial charge in [-0.1, -0.05) is 63.6 Å². The predicted octanol–water partition coefficient (Wildman–Crippen LogP) is 4.67. The van der Waals surface area contributed by atoms with Crippen molar-refractivity contribution in [1.29, 1.82) is 0 Å². The Balaban J connectivity index is 1.65. The molecule has 0 unspecified atom stereocenters. The quantitative estimate of drug-likeness (QED) is 0.381. The molecule has 9 heteroatoms. The van der Waals surface area contributed by atoms with Crippen LogP contribution in [0.2, 0.25) is 5.02 Å². The number of rotatable bonds is 4. The average Bonchev–Trinajstić information content (AvgIpc) is 2.98. The van der Waals surface area contributed by atoms with E-state index in [0.29, 0.717) is 27.1 Å². The Bertz CT molecular complexity index is 824. The Labute approximate surface area is 174 Å². The number of nitrogens with one attached hydrogen (secondary N) is 1. The SMILES string of the molecule is CSc1ccc(CSC(=S)Nc2ccc3c(c2Cl)B(O)OC3)c(Br)c1. The smallest absolute Gasteiger partial charge is 0.423 e. The lowest BCUT2D eigenvalue weighted by Crippen LogP contribution is -2.29. The van der Waals surface area contributed by atoms with Crippen LogP contribution in [0, 0.1) is 0 Å². The summed E-state index contributed by atoms with van der Waals surface area (Å²) in [6.45, 7) is 0.371. The Morgan fingerprint density at radius 3 is 2.96 bits per heavy atom. The number of hydrogen-bond donors (Lipinski definition) is 2. The first kappa shape index (κ1) is 19.5. The van der Waals surface area contributed by atoms with E-state index in [-0.39, 0.29) is 0 Å². The molecule has 1 aliphatic heterocycles. The molecule has 0 bridgehead atoms. The first-order chi connectivity index (χ1) is 12.0. The third kappa shape index (κ3) is 4.55. The molecule has 2 N–H and O–H groups in total. The molecule has 0 saturated carbocycles. The van der Waals surface area contributed by atoms with Crippen LogP contribution in [-0.4, -0.2) is 22.7 Å². The van der Waals surface area contributed by atoms with Crippen LogP contribution in [0.3, 0.4) is 0 Å². The van der Waals surface area contributed by atoms with Crippen LogP contribution in [0.4, 0.5) is 5.69 Å². The second-order valence-corrected chi connectivity index (χ2v) is 9.09. The lowest BCUT2D eigenvalue weighted by molar-refractivity contribution is 0.275. The van der Waals surface area contributed by atoms with Gasteiger partial charge in [0.15, 0.2) is 0 Å². The highest BCUT2D eigenvalue weighted by atomic mass is 79.9. The van der Waals surface area contributed by atoms with E-state index in [4.69, 9.17) is 28.5 Å². The van der Waals surface area contributed by atoms with Gasteiger partial charge in [0.05, 0.1) is 17.3 Å². The molecular formula is C16H14BBrClNO2S3. The van der Waals surface area contributed by atoms with Crippen LogP contribution in [0.25, 0.3) is 0 Å². The second-order valence-electron chi connectivity index (χ2n) is 5.32. The molecule has 3 nitrogen and oxygen atoms in total. The van der Waals surface area contributed by atoms with Crippen LogP contribution < -0.4 is 10.8 Å². The largest absolute Gasteiger partial charge is 0.493 e. The maximum Gasteiger partial charge on any atom is 0.493 e. The van der Waals surface area contributed by atoms with E-state index in [1.807, 2.05) is 12.1 Å². The third-order valence-electron chi connectivity index (χ3n) is 3.77. The van der Waals surface area contributed by atoms with E-state index in [9.17, 15) is 5.02 Å². The molecule has 0 saturated heterocycles. The zero-order valence-electron chi connectivity index (χ0n) is 13.2. The predicted molar refractivity (Wildman–Crippen MR) is 117 cm³/mol. The van der Waals surface area contributed by atoms with E-state index in [2.05, 4.69) is 45.7 Å². The van der Waals surface area contributed by atoms with Crippen molar-refractivity contribution >= 4 is 85.9 Å². The average molecular weight is 475 g/mol. The zero-order valence-corrected chi connectivity index (χ0v) is 18.0. The fourth-order valence-corrected chi connectivity index (χ4v) is 5.06. The van der Waals surface area contributed by atoms with Gasteiger partial charge in [0.2, 0.25) is 0 Å². The highest BCUT2D eigenvalue weighted by Crippen LogP contribution is 2.29. The summed E-state index contributed by atoms with van der Waals surface area (Å²) in [7, 11) is -0.976. The maximum absolute atomic E-state index is 9.87. The van der Waals surface area contributed by atoms with Gasteiger partial charge in [0, 0.05) is 20.6 Å². The Morgan fingerprint density at radius 2 is 2.24 bits per heavy atom. The number of halogens is 2. The minimum Gasteiger partial charge on any atom is -0.423 e. The van der Waals surface area contributed by atoms with Gasteiger partial charge in [0.25, 0.3) is 0 Å². The van der Waals surface area contributed by atoms with Crippen molar-refractivity contribution in [3.05, 3.63) is 51.0 Å². The molecule has 0 spiro atoms. The van der Waals surface area contributed by atoms with Crippen LogP contribution in [-0.2, 0) is 17.0 Å². The van der Waals surface area contributed by atoms with Crippen LogP contribution >= 0.6 is 63.3 Å². The van der Waals surface area contributed by atoms with E-state index in [1.165, 1.54) is 22.2 Å². The normalized spacial score (nSPS) is 13.0. The molecule has 0 aliphatic carbocycles. The van der Waals surface area contributed by atoms with Gasteiger partial charge in [-0.05, 0) is 35.6 Å². The summed E-state index contributed by atoms with van der Waals surface area (Å²) in [6.07, 6.45) is 2.05. The molecule has 1 aliphatic rings. The Kier molecular flexibility index (Phi) is 6.76. The molecular weight excluding hydrogens is 461 g/mol. The molecule has 2 aromatic carbocycles. The molecule has 2 aromatic rings. The summed E-state index contributed by atoms with van der Waals surface area (Å²) in [6, 6.07) is 10.1. The van der Waals surface area contributed by atoms with Crippen LogP contribution in [0.1, 0.15) is 11.1 Å². The van der Waals surface area contributed by atoms with Crippen molar-refractivity contribution in [1.82, 2.24) is 0 Å². The lowest BCUT2D eigenvalue weighted by Gasteiger charge is -2.12. The lowest BCUT2D eigenvalue weighted by atomic mass is 9.79. The summed E-state index contributed by atoms with van der Waals surface area (Å²) < 4.78 is 6.90. The van der Waals surface area contributed by atoms with Gasteiger partial charge in [-0.25, -0.2) is 0 Å². The van der Waals surface area contributed by atoms with Crippen molar-refractivity contribution in [2.45, 2.75) is 17.3 Å². The molecule has 0 radical (unpaired) electrons. The van der Waals surface area contributed by atoms with Gasteiger partial charge in [0.1, 0.15) is 4.32 Å². The highest BCUT2D eigenvalue weighted by Gasteiger charge is 2.31. The number of anilines is 1. The number of benzene rings is 2. The highest BCUT2D eigenvalue weighted by molar-refractivity contribution is 9.10. The minimum atomic E-state index is -0.976. The zero-order chi connectivity index (χ0) is 18.0. The third-order valence-corrected chi connectivity index (χ3v) is 6.92. The van der Waals surface area contributed by atoms with Gasteiger partial charge >= 0.3 is 7.12 Å². The van der Waals surface area contributed by atoms with E-state index >= 15 is 0 Å². The van der Waals surface area contributed by atoms with Gasteiger partial charge in [-0.15, -0.1) is 11.8 Å². The van der Waals surface area contributed by atoms with Crippen molar-refractivity contribution in [3.8, 4) is 0 Å². The second kappa shape index (κ2) is 8.65.